The largest absolute Gasteiger partial charge is 0.508 e. The van der Waals surface area contributed by atoms with Gasteiger partial charge in [-0.3, -0.25) is 4.79 Å². The number of allylic oxidation sites excluding steroid dienone is 1. The topological polar surface area (TPSA) is 112 Å². The Morgan fingerprint density at radius 3 is 2.57 bits per heavy atom. The number of hydrogen-bond donors (Lipinski definition) is 2. The third-order valence-electron chi connectivity index (χ3n) is 7.32. The number of fused-ring (bicyclic) bond motifs is 2. The summed E-state index contributed by atoms with van der Waals surface area (Å²) in [5, 5.41) is 22.8. The number of nitrogens with zero attached hydrogens (tertiary/aromatic N) is 2. The zero-order chi connectivity index (χ0) is 26.0. The van der Waals surface area contributed by atoms with Crippen LogP contribution in [0.3, 0.4) is 0 Å². The van der Waals surface area contributed by atoms with E-state index < -0.39 is 23.5 Å². The van der Waals surface area contributed by atoms with E-state index >= 15 is 0 Å². The highest BCUT2D eigenvalue weighted by Gasteiger charge is 2.36. The monoisotopic (exact) mass is 495 g/mol. The van der Waals surface area contributed by atoms with Crippen LogP contribution in [0, 0.1) is 11.3 Å². The van der Waals surface area contributed by atoms with Gasteiger partial charge in [0.2, 0.25) is 0 Å². The van der Waals surface area contributed by atoms with Crippen LogP contribution in [0.2, 0.25) is 0 Å². The summed E-state index contributed by atoms with van der Waals surface area (Å²) in [6, 6.07) is 16.6. The summed E-state index contributed by atoms with van der Waals surface area (Å²) >= 11 is 0. The first-order valence-electron chi connectivity index (χ1n) is 12.7. The van der Waals surface area contributed by atoms with Gasteiger partial charge >= 0.3 is 5.97 Å². The first kappa shape index (κ1) is 24.5. The SMILES string of the molecule is CC(OC(=O)c1c2c(nc3ccccc13)/C(=C\c1ccc(O)cc1)CC2)C(=O)NC1(C#N)CCCCC1. The molecule has 1 aromatic heterocycles. The van der Waals surface area contributed by atoms with Gasteiger partial charge in [0.15, 0.2) is 6.10 Å². The van der Waals surface area contributed by atoms with Gasteiger partial charge in [-0.2, -0.15) is 5.26 Å². The highest BCUT2D eigenvalue weighted by atomic mass is 16.5. The van der Waals surface area contributed by atoms with Crippen molar-refractivity contribution in [3.63, 3.8) is 0 Å². The minimum atomic E-state index is -1.05. The molecular weight excluding hydrogens is 466 g/mol. The second-order valence-corrected chi connectivity index (χ2v) is 9.88. The van der Waals surface area contributed by atoms with E-state index in [-0.39, 0.29) is 5.75 Å². The van der Waals surface area contributed by atoms with Crippen LogP contribution in [0.4, 0.5) is 0 Å². The molecule has 3 aromatic rings. The molecule has 1 amide bonds. The number of carbonyl (C=O) groups excluding carboxylic acids is 2. The maximum absolute atomic E-state index is 13.5. The number of nitriles is 1. The molecule has 1 atom stereocenters. The number of hydrogen-bond acceptors (Lipinski definition) is 6. The van der Waals surface area contributed by atoms with Crippen molar-refractivity contribution in [2.45, 2.75) is 63.5 Å². The summed E-state index contributed by atoms with van der Waals surface area (Å²) in [6.07, 6.45) is 6.34. The van der Waals surface area contributed by atoms with Crippen LogP contribution in [0.5, 0.6) is 5.75 Å². The Morgan fingerprint density at radius 1 is 1.11 bits per heavy atom. The van der Waals surface area contributed by atoms with Crippen molar-refractivity contribution in [3.05, 3.63) is 70.9 Å². The maximum atomic E-state index is 13.5. The fourth-order valence-corrected chi connectivity index (χ4v) is 5.31. The number of pyridine rings is 1. The third kappa shape index (κ3) is 4.92. The number of benzene rings is 2. The summed E-state index contributed by atoms with van der Waals surface area (Å²) in [6.45, 7) is 1.54. The minimum Gasteiger partial charge on any atom is -0.508 e. The van der Waals surface area contributed by atoms with Gasteiger partial charge in [-0.25, -0.2) is 9.78 Å². The lowest BCUT2D eigenvalue weighted by Crippen LogP contribution is -2.52. The van der Waals surface area contributed by atoms with Gasteiger partial charge in [0.1, 0.15) is 11.3 Å². The van der Waals surface area contributed by atoms with Crippen molar-refractivity contribution in [2.24, 2.45) is 0 Å². The summed E-state index contributed by atoms with van der Waals surface area (Å²) in [5.41, 5.74) is 3.70. The number of rotatable bonds is 5. The van der Waals surface area contributed by atoms with Gasteiger partial charge in [0, 0.05) is 5.39 Å². The molecule has 2 aliphatic rings. The average molecular weight is 496 g/mol. The molecule has 5 rings (SSSR count). The molecule has 1 fully saturated rings. The van der Waals surface area contributed by atoms with Crippen molar-refractivity contribution in [1.29, 1.82) is 5.26 Å². The zero-order valence-corrected chi connectivity index (χ0v) is 20.8. The fourth-order valence-electron chi connectivity index (χ4n) is 5.31. The number of phenolic OH excluding ortho intramolecular Hbond substituents is 1. The van der Waals surface area contributed by atoms with Gasteiger partial charge in [-0.1, -0.05) is 49.6 Å². The molecule has 7 nitrogen and oxygen atoms in total. The van der Waals surface area contributed by atoms with Gasteiger partial charge in [0.25, 0.3) is 5.91 Å². The highest BCUT2D eigenvalue weighted by Crippen LogP contribution is 2.38. The molecule has 2 N–H and O–H groups in total. The minimum absolute atomic E-state index is 0.199. The van der Waals surface area contributed by atoms with Crippen molar-refractivity contribution >= 4 is 34.4 Å². The van der Waals surface area contributed by atoms with Crippen molar-refractivity contribution < 1.29 is 19.4 Å². The molecule has 0 aliphatic heterocycles. The van der Waals surface area contributed by atoms with Crippen molar-refractivity contribution in [1.82, 2.24) is 10.3 Å². The number of para-hydroxylation sites is 1. The summed E-state index contributed by atoms with van der Waals surface area (Å²) in [4.78, 5) is 31.3. The number of phenols is 1. The highest BCUT2D eigenvalue weighted by molar-refractivity contribution is 6.07. The zero-order valence-electron chi connectivity index (χ0n) is 20.8. The van der Waals surface area contributed by atoms with Crippen LogP contribution >= 0.6 is 0 Å². The fraction of sp³-hybridized carbons (Fsp3) is 0.333. The van der Waals surface area contributed by atoms with Crippen LogP contribution in [0.1, 0.15) is 72.6 Å². The number of aromatic hydroxyl groups is 1. The molecule has 1 saturated carbocycles. The summed E-state index contributed by atoms with van der Waals surface area (Å²) < 4.78 is 5.69. The Labute approximate surface area is 215 Å². The molecule has 2 aromatic carbocycles. The molecular formula is C30H29N3O4. The van der Waals surface area contributed by atoms with Crippen LogP contribution < -0.4 is 5.32 Å². The number of nitrogens with one attached hydrogen (secondary N) is 1. The van der Waals surface area contributed by atoms with E-state index in [9.17, 15) is 20.0 Å². The second-order valence-electron chi connectivity index (χ2n) is 9.88. The molecule has 188 valence electrons. The van der Waals surface area contributed by atoms with Crippen molar-refractivity contribution in [3.8, 4) is 11.8 Å². The molecule has 37 heavy (non-hydrogen) atoms. The molecule has 7 heteroatoms. The van der Waals surface area contributed by atoms with Gasteiger partial charge in [-0.05, 0) is 73.6 Å². The maximum Gasteiger partial charge on any atom is 0.339 e. The Balaban J connectivity index is 1.44. The Bertz CT molecular complexity index is 1430. The smallest absolute Gasteiger partial charge is 0.339 e. The Hall–Kier alpha value is -4.18. The van der Waals surface area contributed by atoms with E-state index in [1.807, 2.05) is 42.5 Å². The van der Waals surface area contributed by atoms with Crippen LogP contribution in [-0.2, 0) is 16.0 Å². The first-order valence-corrected chi connectivity index (χ1v) is 12.7. The van der Waals surface area contributed by atoms with Gasteiger partial charge in [-0.15, -0.1) is 0 Å². The van der Waals surface area contributed by atoms with Crippen LogP contribution in [0.15, 0.2) is 48.5 Å². The molecule has 0 bridgehead atoms. The quantitative estimate of drug-likeness (QED) is 0.464. The lowest BCUT2D eigenvalue weighted by atomic mass is 9.83. The first-order chi connectivity index (χ1) is 17.9. The second kappa shape index (κ2) is 10.1. The number of carbonyl (C=O) groups is 2. The molecule has 0 spiro atoms. The van der Waals surface area contributed by atoms with E-state index in [4.69, 9.17) is 9.72 Å². The van der Waals surface area contributed by atoms with Gasteiger partial charge in [0.05, 0.1) is 22.8 Å². The standard InChI is InChI=1S/C30H29N3O4/c1-19(28(35)33-30(18-31)15-5-2-6-16-30)37-29(36)26-23-7-3-4-8-25(23)32-27-21(11-14-24(26)27)17-20-9-12-22(34)13-10-20/h3-4,7-10,12-13,17,19,34H,2,5-6,11,14-16H2,1H3,(H,33,35)/b21-17-. The predicted octanol–water partition coefficient (Wildman–Crippen LogP) is 5.32. The summed E-state index contributed by atoms with van der Waals surface area (Å²) in [7, 11) is 0. The van der Waals surface area contributed by atoms with Crippen LogP contribution in [0.25, 0.3) is 22.6 Å². The lowest BCUT2D eigenvalue weighted by Gasteiger charge is -2.32. The van der Waals surface area contributed by atoms with E-state index in [0.29, 0.717) is 42.1 Å². The number of amides is 1. The van der Waals surface area contributed by atoms with E-state index in [1.54, 1.807) is 19.1 Å². The Kier molecular flexibility index (Phi) is 6.66. The van der Waals surface area contributed by atoms with Crippen molar-refractivity contribution in [2.75, 3.05) is 0 Å². The molecule has 0 saturated heterocycles. The molecule has 0 radical (unpaired) electrons. The molecule has 2 aliphatic carbocycles. The predicted molar refractivity (Wildman–Crippen MR) is 140 cm³/mol. The number of ether oxygens (including phenoxy) is 1. The number of esters is 1. The third-order valence-corrected chi connectivity index (χ3v) is 7.32. The number of aromatic nitrogens is 1. The normalized spacial score (nSPS) is 18.1. The Morgan fingerprint density at radius 2 is 1.84 bits per heavy atom. The average Bonchev–Trinajstić information content (AvgIpc) is 3.30. The van der Waals surface area contributed by atoms with Crippen LogP contribution in [-0.4, -0.2) is 33.6 Å². The van der Waals surface area contributed by atoms with E-state index in [2.05, 4.69) is 11.4 Å². The van der Waals surface area contributed by atoms with E-state index in [0.717, 1.165) is 41.7 Å². The van der Waals surface area contributed by atoms with E-state index in [1.165, 1.54) is 0 Å². The summed E-state index contributed by atoms with van der Waals surface area (Å²) in [5.74, 6) is -0.830. The molecule has 1 heterocycles. The molecule has 1 unspecified atom stereocenters. The van der Waals surface area contributed by atoms with Gasteiger partial charge < -0.3 is 15.2 Å². The lowest BCUT2D eigenvalue weighted by molar-refractivity contribution is -0.130.